The summed E-state index contributed by atoms with van der Waals surface area (Å²) in [6.07, 6.45) is 6.32. The van der Waals surface area contributed by atoms with E-state index in [4.69, 9.17) is 10.5 Å². The van der Waals surface area contributed by atoms with E-state index >= 15 is 0 Å². The fraction of sp³-hybridized carbons (Fsp3) is 0.667. The Balaban J connectivity index is 2.01. The molecule has 0 saturated heterocycles. The Morgan fingerprint density at radius 2 is 1.76 bits per heavy atom. The third-order valence-electron chi connectivity index (χ3n) is 4.59. The van der Waals surface area contributed by atoms with E-state index in [9.17, 15) is 0 Å². The maximum absolute atomic E-state index is 6.31. The van der Waals surface area contributed by atoms with Crippen molar-refractivity contribution in [2.75, 3.05) is 19.6 Å². The molecule has 1 aliphatic rings. The molecule has 1 aromatic carbocycles. The molecule has 0 heterocycles. The Hall–Kier alpha value is -1.06. The lowest BCUT2D eigenvalue weighted by atomic mass is 9.91. The van der Waals surface area contributed by atoms with Crippen molar-refractivity contribution in [1.82, 2.24) is 4.90 Å². The lowest BCUT2D eigenvalue weighted by Gasteiger charge is -2.39. The molecular formula is C18H30N2O. The molecule has 1 saturated carbocycles. The first-order chi connectivity index (χ1) is 10.3. The molecule has 0 radical (unpaired) electrons. The van der Waals surface area contributed by atoms with Gasteiger partial charge in [-0.15, -0.1) is 0 Å². The average Bonchev–Trinajstić information content (AvgIpc) is 2.52. The quantitative estimate of drug-likeness (QED) is 0.838. The van der Waals surface area contributed by atoms with Gasteiger partial charge in [0.05, 0.1) is 0 Å². The number of hydrogen-bond acceptors (Lipinski definition) is 3. The highest BCUT2D eigenvalue weighted by atomic mass is 16.5. The number of benzene rings is 1. The second kappa shape index (κ2) is 8.40. The molecule has 0 amide bonds. The van der Waals surface area contributed by atoms with Crippen LogP contribution >= 0.6 is 0 Å². The van der Waals surface area contributed by atoms with Crippen LogP contribution < -0.4 is 10.5 Å². The Bertz CT molecular complexity index is 400. The minimum absolute atomic E-state index is 0.332. The summed E-state index contributed by atoms with van der Waals surface area (Å²) in [5.41, 5.74) is 6.88. The molecule has 3 nitrogen and oxygen atoms in total. The molecule has 118 valence electrons. The van der Waals surface area contributed by atoms with E-state index in [1.165, 1.54) is 31.2 Å². The fourth-order valence-electron chi connectivity index (χ4n) is 3.40. The van der Waals surface area contributed by atoms with E-state index in [1.807, 2.05) is 0 Å². The minimum Gasteiger partial charge on any atom is -0.489 e. The van der Waals surface area contributed by atoms with E-state index < -0.39 is 0 Å². The first-order valence-corrected chi connectivity index (χ1v) is 8.48. The summed E-state index contributed by atoms with van der Waals surface area (Å²) in [4.78, 5) is 2.55. The van der Waals surface area contributed by atoms with Crippen molar-refractivity contribution in [3.05, 3.63) is 29.8 Å². The standard InChI is InChI=1S/C18H30N2O/c1-3-20(4-2)17-7-5-6-8-18(17)21-16-11-9-15(10-12-16)13-14-19/h9-12,17-18H,3-8,13-14,19H2,1-2H3. The third-order valence-corrected chi connectivity index (χ3v) is 4.59. The molecule has 21 heavy (non-hydrogen) atoms. The van der Waals surface area contributed by atoms with Crippen LogP contribution in [0.3, 0.4) is 0 Å². The van der Waals surface area contributed by atoms with Crippen LogP contribution in [-0.4, -0.2) is 36.7 Å². The molecule has 2 rings (SSSR count). The zero-order valence-electron chi connectivity index (χ0n) is 13.6. The Labute approximate surface area is 129 Å². The number of likely N-dealkylation sites (N-methyl/N-ethyl adjacent to an activating group) is 1. The summed E-state index contributed by atoms with van der Waals surface area (Å²) in [7, 11) is 0. The number of nitrogens with two attached hydrogens (primary N) is 1. The molecule has 3 heteroatoms. The van der Waals surface area contributed by atoms with Crippen LogP contribution in [0.5, 0.6) is 5.75 Å². The highest BCUT2D eigenvalue weighted by Gasteiger charge is 2.30. The predicted molar refractivity (Wildman–Crippen MR) is 88.8 cm³/mol. The van der Waals surface area contributed by atoms with Crippen molar-refractivity contribution >= 4 is 0 Å². The molecule has 2 atom stereocenters. The van der Waals surface area contributed by atoms with E-state index in [0.717, 1.165) is 25.3 Å². The van der Waals surface area contributed by atoms with Crippen molar-refractivity contribution in [2.24, 2.45) is 5.73 Å². The predicted octanol–water partition coefficient (Wildman–Crippen LogP) is 3.22. The molecule has 0 bridgehead atoms. The summed E-state index contributed by atoms with van der Waals surface area (Å²) in [5.74, 6) is 1.000. The number of rotatable bonds is 7. The number of nitrogens with zero attached hydrogens (tertiary/aromatic N) is 1. The van der Waals surface area contributed by atoms with Crippen LogP contribution in [-0.2, 0) is 6.42 Å². The van der Waals surface area contributed by atoms with Crippen LogP contribution in [0.15, 0.2) is 24.3 Å². The van der Waals surface area contributed by atoms with E-state index in [0.29, 0.717) is 18.7 Å². The van der Waals surface area contributed by atoms with Gasteiger partial charge in [0.25, 0.3) is 0 Å². The second-order valence-corrected chi connectivity index (χ2v) is 5.91. The van der Waals surface area contributed by atoms with Gasteiger partial charge in [0.15, 0.2) is 0 Å². The first-order valence-electron chi connectivity index (χ1n) is 8.48. The van der Waals surface area contributed by atoms with Gasteiger partial charge < -0.3 is 10.5 Å². The van der Waals surface area contributed by atoms with Crippen molar-refractivity contribution < 1.29 is 4.74 Å². The fourth-order valence-corrected chi connectivity index (χ4v) is 3.40. The summed E-state index contributed by atoms with van der Waals surface area (Å²) < 4.78 is 6.31. The van der Waals surface area contributed by atoms with Crippen LogP contribution in [0.4, 0.5) is 0 Å². The molecule has 0 spiro atoms. The molecule has 2 N–H and O–H groups in total. The zero-order chi connectivity index (χ0) is 15.1. The largest absolute Gasteiger partial charge is 0.489 e. The van der Waals surface area contributed by atoms with Gasteiger partial charge in [-0.2, -0.15) is 0 Å². The Morgan fingerprint density at radius 3 is 2.38 bits per heavy atom. The first kappa shape index (κ1) is 16.3. The molecule has 0 aliphatic heterocycles. The maximum atomic E-state index is 6.31. The van der Waals surface area contributed by atoms with Gasteiger partial charge in [-0.05, 0) is 63.0 Å². The lowest BCUT2D eigenvalue weighted by molar-refractivity contribution is 0.0413. The summed E-state index contributed by atoms with van der Waals surface area (Å²) in [5, 5.41) is 0. The molecule has 2 unspecified atom stereocenters. The van der Waals surface area contributed by atoms with Crippen LogP contribution in [0.1, 0.15) is 45.1 Å². The lowest BCUT2D eigenvalue weighted by Crippen LogP contribution is -2.47. The maximum Gasteiger partial charge on any atom is 0.119 e. The van der Waals surface area contributed by atoms with Crippen LogP contribution in [0.2, 0.25) is 0 Å². The van der Waals surface area contributed by atoms with Crippen LogP contribution in [0.25, 0.3) is 0 Å². The number of hydrogen-bond donors (Lipinski definition) is 1. The van der Waals surface area contributed by atoms with Crippen LogP contribution in [0, 0.1) is 0 Å². The van der Waals surface area contributed by atoms with Crippen molar-refractivity contribution in [3.8, 4) is 5.75 Å². The topological polar surface area (TPSA) is 38.5 Å². The van der Waals surface area contributed by atoms with E-state index in [-0.39, 0.29) is 0 Å². The molecule has 1 fully saturated rings. The summed E-state index contributed by atoms with van der Waals surface area (Å²) in [6, 6.07) is 9.03. The molecule has 1 aromatic rings. The van der Waals surface area contributed by atoms with Gasteiger partial charge in [-0.3, -0.25) is 4.90 Å². The van der Waals surface area contributed by atoms with E-state index in [2.05, 4.69) is 43.0 Å². The SMILES string of the molecule is CCN(CC)C1CCCCC1Oc1ccc(CCN)cc1. The van der Waals surface area contributed by atoms with Gasteiger partial charge in [0.1, 0.15) is 11.9 Å². The zero-order valence-corrected chi connectivity index (χ0v) is 13.6. The van der Waals surface area contributed by atoms with E-state index in [1.54, 1.807) is 0 Å². The highest BCUT2D eigenvalue weighted by Crippen LogP contribution is 2.27. The Kier molecular flexibility index (Phi) is 6.52. The summed E-state index contributed by atoms with van der Waals surface area (Å²) in [6.45, 7) is 7.41. The number of ether oxygens (including phenoxy) is 1. The van der Waals surface area contributed by atoms with Crippen molar-refractivity contribution in [2.45, 2.75) is 58.1 Å². The molecule has 1 aliphatic carbocycles. The second-order valence-electron chi connectivity index (χ2n) is 5.91. The van der Waals surface area contributed by atoms with Gasteiger partial charge >= 0.3 is 0 Å². The molecule has 0 aromatic heterocycles. The molecular weight excluding hydrogens is 260 g/mol. The van der Waals surface area contributed by atoms with Gasteiger partial charge in [-0.25, -0.2) is 0 Å². The van der Waals surface area contributed by atoms with Gasteiger partial charge in [-0.1, -0.05) is 32.4 Å². The van der Waals surface area contributed by atoms with Crippen molar-refractivity contribution in [3.63, 3.8) is 0 Å². The van der Waals surface area contributed by atoms with Gasteiger partial charge in [0, 0.05) is 6.04 Å². The smallest absolute Gasteiger partial charge is 0.119 e. The normalized spacial score (nSPS) is 22.5. The van der Waals surface area contributed by atoms with Gasteiger partial charge in [0.2, 0.25) is 0 Å². The Morgan fingerprint density at radius 1 is 1.10 bits per heavy atom. The summed E-state index contributed by atoms with van der Waals surface area (Å²) >= 11 is 0. The minimum atomic E-state index is 0.332. The highest BCUT2D eigenvalue weighted by molar-refractivity contribution is 5.27. The van der Waals surface area contributed by atoms with Crippen molar-refractivity contribution in [1.29, 1.82) is 0 Å². The average molecular weight is 290 g/mol. The third kappa shape index (κ3) is 4.45. The monoisotopic (exact) mass is 290 g/mol.